The predicted molar refractivity (Wildman–Crippen MR) is 116 cm³/mol. The predicted octanol–water partition coefficient (Wildman–Crippen LogP) is 6.84. The summed E-state index contributed by atoms with van der Waals surface area (Å²) in [5.74, 6) is 0.572. The lowest BCUT2D eigenvalue weighted by atomic mass is 10.1. The van der Waals surface area contributed by atoms with Crippen molar-refractivity contribution >= 4 is 21.9 Å². The average Bonchev–Trinajstić information content (AvgIpc) is 2.71. The van der Waals surface area contributed by atoms with Gasteiger partial charge in [-0.1, -0.05) is 84.9 Å². The van der Waals surface area contributed by atoms with Crippen molar-refractivity contribution in [1.29, 1.82) is 0 Å². The number of fused-ring (bicyclic) bond motifs is 1. The van der Waals surface area contributed by atoms with Crippen molar-refractivity contribution in [3.8, 4) is 0 Å². The van der Waals surface area contributed by atoms with Crippen LogP contribution in [0.5, 0.6) is 0 Å². The van der Waals surface area contributed by atoms with Gasteiger partial charge in [0.1, 0.15) is 5.78 Å². The first kappa shape index (κ1) is 20.6. The maximum atomic E-state index is 13.9. The molecule has 2 unspecified atom stereocenters. The van der Waals surface area contributed by atoms with Crippen LogP contribution in [0.4, 0.5) is 0 Å². The van der Waals surface area contributed by atoms with Gasteiger partial charge in [-0.15, -0.1) is 0 Å². The first-order valence-corrected chi connectivity index (χ1v) is 15.9. The van der Waals surface area contributed by atoms with Crippen molar-refractivity contribution in [2.75, 3.05) is 0 Å². The molecule has 1 aliphatic carbocycles. The standard InChI is InChI=1S/C22H38OSi2/c1-14(2)25(15(3)4,16(5)6)22-19-13-17(7)11-12-18(19)21(20(22)23)24(8,9)10/h11-16,21-22H,1-10H3. The summed E-state index contributed by atoms with van der Waals surface area (Å²) < 4.78 is 0. The summed E-state index contributed by atoms with van der Waals surface area (Å²) in [5.41, 5.74) is 6.25. The fourth-order valence-electron chi connectivity index (χ4n) is 6.09. The normalized spacial score (nSPS) is 21.6. The Morgan fingerprint density at radius 3 is 1.68 bits per heavy atom. The number of ketones is 1. The Labute approximate surface area is 157 Å². The zero-order valence-corrected chi connectivity index (χ0v) is 20.0. The number of carbonyl (C=O) groups excluding carboxylic acids is 1. The molecule has 140 valence electrons. The van der Waals surface area contributed by atoms with E-state index in [-0.39, 0.29) is 11.1 Å². The molecule has 0 N–H and O–H groups in total. The maximum absolute atomic E-state index is 13.9. The molecule has 1 aromatic carbocycles. The quantitative estimate of drug-likeness (QED) is 0.515. The largest absolute Gasteiger partial charge is 0.299 e. The fraction of sp³-hybridized carbons (Fsp3) is 0.682. The van der Waals surface area contributed by atoms with Crippen LogP contribution in [0.3, 0.4) is 0 Å². The molecule has 2 atom stereocenters. The zero-order valence-electron chi connectivity index (χ0n) is 18.0. The van der Waals surface area contributed by atoms with Crippen LogP contribution in [0.15, 0.2) is 18.2 Å². The molecule has 1 aromatic rings. The highest BCUT2D eigenvalue weighted by molar-refractivity contribution is 6.89. The molecule has 0 aliphatic heterocycles. The van der Waals surface area contributed by atoms with Crippen molar-refractivity contribution in [1.82, 2.24) is 0 Å². The van der Waals surface area contributed by atoms with Gasteiger partial charge in [0.25, 0.3) is 0 Å². The third-order valence-corrected chi connectivity index (χ3v) is 16.7. The van der Waals surface area contributed by atoms with E-state index < -0.39 is 16.1 Å². The highest BCUT2D eigenvalue weighted by atomic mass is 28.3. The van der Waals surface area contributed by atoms with Crippen LogP contribution in [-0.4, -0.2) is 21.9 Å². The Morgan fingerprint density at radius 1 is 0.800 bits per heavy atom. The molecule has 0 spiro atoms. The minimum atomic E-state index is -1.88. The molecule has 1 aliphatic rings. The van der Waals surface area contributed by atoms with Crippen LogP contribution in [-0.2, 0) is 4.79 Å². The van der Waals surface area contributed by atoms with Gasteiger partial charge in [-0.25, -0.2) is 0 Å². The van der Waals surface area contributed by atoms with Crippen molar-refractivity contribution in [2.24, 2.45) is 0 Å². The van der Waals surface area contributed by atoms with Gasteiger partial charge in [0, 0.05) is 11.1 Å². The second-order valence-corrected chi connectivity index (χ2v) is 21.6. The third kappa shape index (κ3) is 3.12. The summed E-state index contributed by atoms with van der Waals surface area (Å²) in [5, 5.41) is 0. The van der Waals surface area contributed by atoms with Gasteiger partial charge in [-0.2, -0.15) is 0 Å². The molecule has 0 bridgehead atoms. The Hall–Kier alpha value is -0.676. The summed E-state index contributed by atoms with van der Waals surface area (Å²) in [6.45, 7) is 23.6. The number of Topliss-reactive ketones (excluding diaryl/α,β-unsaturated/α-hetero) is 1. The van der Waals surface area contributed by atoms with Crippen LogP contribution >= 0.6 is 0 Å². The van der Waals surface area contributed by atoms with Gasteiger partial charge in [-0.3, -0.25) is 4.79 Å². The molecule has 0 saturated heterocycles. The highest BCUT2D eigenvalue weighted by Crippen LogP contribution is 2.57. The van der Waals surface area contributed by atoms with Crippen molar-refractivity contribution in [3.05, 3.63) is 34.9 Å². The van der Waals surface area contributed by atoms with E-state index in [1.165, 1.54) is 16.7 Å². The van der Waals surface area contributed by atoms with E-state index in [9.17, 15) is 4.79 Å². The SMILES string of the molecule is Cc1ccc2c(c1)C([Si](C(C)C)(C(C)C)C(C)C)C(=O)C2[Si](C)(C)C. The van der Waals surface area contributed by atoms with Gasteiger partial charge in [0.05, 0.1) is 16.1 Å². The first-order chi connectivity index (χ1) is 11.4. The minimum absolute atomic E-state index is 0.177. The summed E-state index contributed by atoms with van der Waals surface area (Å²) in [6.07, 6.45) is 0. The second-order valence-electron chi connectivity index (χ2n) is 10.2. The topological polar surface area (TPSA) is 17.1 Å². The highest BCUT2D eigenvalue weighted by Gasteiger charge is 2.58. The van der Waals surface area contributed by atoms with Crippen LogP contribution in [0.2, 0.25) is 36.3 Å². The van der Waals surface area contributed by atoms with Crippen LogP contribution in [0, 0.1) is 6.92 Å². The van der Waals surface area contributed by atoms with E-state index in [4.69, 9.17) is 0 Å². The Kier molecular flexibility index (Phi) is 5.62. The molecule has 0 radical (unpaired) electrons. The van der Waals surface area contributed by atoms with Crippen molar-refractivity contribution in [3.63, 3.8) is 0 Å². The molecular weight excluding hydrogens is 336 g/mol. The van der Waals surface area contributed by atoms with Gasteiger partial charge in [0.15, 0.2) is 0 Å². The molecule has 0 aromatic heterocycles. The zero-order chi connectivity index (χ0) is 19.3. The van der Waals surface area contributed by atoms with E-state index >= 15 is 0 Å². The Balaban J connectivity index is 2.81. The van der Waals surface area contributed by atoms with Crippen LogP contribution < -0.4 is 0 Å². The molecule has 0 saturated carbocycles. The lowest BCUT2D eigenvalue weighted by molar-refractivity contribution is -0.118. The van der Waals surface area contributed by atoms with Gasteiger partial charge in [-0.05, 0) is 34.7 Å². The number of hydrogen-bond acceptors (Lipinski definition) is 1. The summed E-state index contributed by atoms with van der Waals surface area (Å²) in [7, 11) is -3.49. The second kappa shape index (κ2) is 6.81. The van der Waals surface area contributed by atoms with Gasteiger partial charge >= 0.3 is 0 Å². The number of carbonyl (C=O) groups is 1. The maximum Gasteiger partial charge on any atom is 0.142 e. The number of rotatable bonds is 5. The van der Waals surface area contributed by atoms with Crippen LogP contribution in [0.25, 0.3) is 0 Å². The molecule has 3 heteroatoms. The number of hydrogen-bond donors (Lipinski definition) is 0. The lowest BCUT2D eigenvalue weighted by Crippen LogP contribution is -2.53. The van der Waals surface area contributed by atoms with Crippen molar-refractivity contribution in [2.45, 2.75) is 95.8 Å². The smallest absolute Gasteiger partial charge is 0.142 e. The van der Waals surface area contributed by atoms with E-state index in [1.54, 1.807) is 0 Å². The fourth-order valence-corrected chi connectivity index (χ4v) is 15.9. The number of aryl methyl sites for hydroxylation is 1. The Morgan fingerprint density at radius 2 is 1.28 bits per heavy atom. The van der Waals surface area contributed by atoms with E-state index in [0.29, 0.717) is 22.4 Å². The monoisotopic (exact) mass is 374 g/mol. The van der Waals surface area contributed by atoms with Crippen molar-refractivity contribution < 1.29 is 4.79 Å². The summed E-state index contributed by atoms with van der Waals surface area (Å²) in [6, 6.07) is 6.85. The molecule has 1 nitrogen and oxygen atoms in total. The molecule has 2 rings (SSSR count). The van der Waals surface area contributed by atoms with E-state index in [1.807, 2.05) is 0 Å². The van der Waals surface area contributed by atoms with E-state index in [2.05, 4.69) is 86.3 Å². The summed E-state index contributed by atoms with van der Waals surface area (Å²) >= 11 is 0. The molecule has 25 heavy (non-hydrogen) atoms. The molecule has 0 amide bonds. The van der Waals surface area contributed by atoms with Crippen LogP contribution in [0.1, 0.15) is 69.3 Å². The lowest BCUT2D eigenvalue weighted by Gasteiger charge is -2.47. The minimum Gasteiger partial charge on any atom is -0.299 e. The van der Waals surface area contributed by atoms with Gasteiger partial charge in [0.2, 0.25) is 0 Å². The third-order valence-electron chi connectivity index (χ3n) is 6.80. The molecular formula is C22H38OSi2. The molecule has 0 fully saturated rings. The summed E-state index contributed by atoms with van der Waals surface area (Å²) in [4.78, 5) is 13.9. The van der Waals surface area contributed by atoms with E-state index in [0.717, 1.165) is 0 Å². The first-order valence-electron chi connectivity index (χ1n) is 10.0. The average molecular weight is 375 g/mol. The molecule has 0 heterocycles. The van der Waals surface area contributed by atoms with Gasteiger partial charge < -0.3 is 0 Å². The number of benzene rings is 1. The Bertz CT molecular complexity index is 631.